The standard InChI is InChI=1S/C9H7NO.Cu.2H2O4S/c11-8-5-1-3-7-4-2-6-10-9(7)8;;2*1-5(2,3)4/h1-6,11H;;2*(H2,1,2,3,4). The minimum absolute atomic E-state index is 0. The predicted octanol–water partition coefficient (Wildman–Crippen LogP) is 0.632. The summed E-state index contributed by atoms with van der Waals surface area (Å²) in [4.78, 5) is 4.03. The van der Waals surface area contributed by atoms with E-state index in [1.165, 1.54) is 0 Å². The van der Waals surface area contributed by atoms with E-state index in [-0.39, 0.29) is 22.8 Å². The number of aromatic hydroxyl groups is 1. The molecule has 2 rings (SSSR count). The van der Waals surface area contributed by atoms with E-state index in [1.807, 2.05) is 18.2 Å². The van der Waals surface area contributed by atoms with Gasteiger partial charge >= 0.3 is 20.8 Å². The molecule has 0 fully saturated rings. The normalized spacial score (nSPS) is 10.4. The average molecular weight is 405 g/mol. The van der Waals surface area contributed by atoms with Gasteiger partial charge in [-0.3, -0.25) is 23.2 Å². The average Bonchev–Trinajstić information content (AvgIpc) is 2.25. The number of phenols is 1. The quantitative estimate of drug-likeness (QED) is 0.308. The Hall–Kier alpha value is -1.31. The minimum Gasteiger partial charge on any atom is -0.506 e. The van der Waals surface area contributed by atoms with E-state index in [0.717, 1.165) is 5.39 Å². The largest absolute Gasteiger partial charge is 0.506 e. The second-order valence-electron chi connectivity index (χ2n) is 3.25. The van der Waals surface area contributed by atoms with E-state index in [4.69, 9.17) is 35.0 Å². The molecule has 10 nitrogen and oxygen atoms in total. The van der Waals surface area contributed by atoms with Crippen molar-refractivity contribution in [3.63, 3.8) is 0 Å². The van der Waals surface area contributed by atoms with Crippen LogP contribution in [-0.2, 0) is 37.9 Å². The summed E-state index contributed by atoms with van der Waals surface area (Å²) in [5.41, 5.74) is 0.662. The molecule has 0 unspecified atom stereocenters. The van der Waals surface area contributed by atoms with Gasteiger partial charge in [0.25, 0.3) is 0 Å². The van der Waals surface area contributed by atoms with Gasteiger partial charge in [0.2, 0.25) is 0 Å². The first-order valence-corrected chi connectivity index (χ1v) is 7.60. The van der Waals surface area contributed by atoms with Gasteiger partial charge < -0.3 is 5.11 Å². The molecule has 1 aromatic carbocycles. The Labute approximate surface area is 136 Å². The van der Waals surface area contributed by atoms with Gasteiger partial charge in [-0.05, 0) is 12.1 Å². The summed E-state index contributed by atoms with van der Waals surface area (Å²) >= 11 is 0. The van der Waals surface area contributed by atoms with Crippen LogP contribution in [0.2, 0.25) is 0 Å². The fourth-order valence-corrected chi connectivity index (χ4v) is 1.09. The van der Waals surface area contributed by atoms with E-state index >= 15 is 0 Å². The summed E-state index contributed by atoms with van der Waals surface area (Å²) < 4.78 is 63.2. The van der Waals surface area contributed by atoms with Crippen molar-refractivity contribution in [2.45, 2.75) is 0 Å². The molecule has 1 radical (unpaired) electrons. The van der Waals surface area contributed by atoms with Gasteiger partial charge in [0.1, 0.15) is 11.3 Å². The molecule has 1 aromatic heterocycles. The molecule has 129 valence electrons. The van der Waals surface area contributed by atoms with Gasteiger partial charge in [0, 0.05) is 28.7 Å². The Morgan fingerprint density at radius 2 is 1.23 bits per heavy atom. The van der Waals surface area contributed by atoms with Crippen molar-refractivity contribution in [3.05, 3.63) is 36.5 Å². The van der Waals surface area contributed by atoms with Gasteiger partial charge in [0.15, 0.2) is 0 Å². The maximum absolute atomic E-state index is 9.31. The SMILES string of the molecule is O=S(=O)(O)O.O=S(=O)(O)O.Oc1cccc2cccnc12.[Cu]. The van der Waals surface area contributed by atoms with Crippen LogP contribution in [-0.4, -0.2) is 45.1 Å². The van der Waals surface area contributed by atoms with Crippen LogP contribution in [0, 0.1) is 0 Å². The van der Waals surface area contributed by atoms with E-state index in [1.54, 1.807) is 18.3 Å². The van der Waals surface area contributed by atoms with Crippen LogP contribution in [0.25, 0.3) is 10.9 Å². The Morgan fingerprint density at radius 3 is 1.64 bits per heavy atom. The molecule has 0 saturated carbocycles. The molecule has 22 heavy (non-hydrogen) atoms. The number of hydrogen-bond acceptors (Lipinski definition) is 6. The van der Waals surface area contributed by atoms with Gasteiger partial charge in [-0.15, -0.1) is 0 Å². The number of aromatic nitrogens is 1. The van der Waals surface area contributed by atoms with Crippen LogP contribution in [0.1, 0.15) is 0 Å². The minimum atomic E-state index is -4.67. The zero-order chi connectivity index (χ0) is 16.7. The third kappa shape index (κ3) is 15.1. The van der Waals surface area contributed by atoms with Crippen LogP contribution >= 0.6 is 0 Å². The summed E-state index contributed by atoms with van der Waals surface area (Å²) in [5, 5.41) is 10.3. The summed E-state index contributed by atoms with van der Waals surface area (Å²) in [7, 11) is -9.33. The Bertz CT molecular complexity index is 740. The van der Waals surface area contributed by atoms with E-state index in [2.05, 4.69) is 4.98 Å². The smallest absolute Gasteiger partial charge is 0.394 e. The van der Waals surface area contributed by atoms with Crippen molar-refractivity contribution >= 4 is 31.7 Å². The van der Waals surface area contributed by atoms with E-state index in [0.29, 0.717) is 5.52 Å². The zero-order valence-corrected chi connectivity index (χ0v) is 13.0. The summed E-state index contributed by atoms with van der Waals surface area (Å²) in [6, 6.07) is 9.13. The third-order valence-electron chi connectivity index (χ3n) is 1.61. The monoisotopic (exact) mass is 404 g/mol. The Kier molecular flexibility index (Phi) is 10.1. The predicted molar refractivity (Wildman–Crippen MR) is 71.8 cm³/mol. The van der Waals surface area contributed by atoms with Crippen molar-refractivity contribution in [2.75, 3.05) is 0 Å². The van der Waals surface area contributed by atoms with Crippen LogP contribution in [0.5, 0.6) is 5.75 Å². The molecule has 0 aliphatic carbocycles. The number of pyridine rings is 1. The van der Waals surface area contributed by atoms with Crippen LogP contribution in [0.15, 0.2) is 36.5 Å². The fraction of sp³-hybridized carbons (Fsp3) is 0. The number of para-hydroxylation sites is 1. The molecule has 0 aliphatic rings. The van der Waals surface area contributed by atoms with Gasteiger partial charge in [-0.1, -0.05) is 18.2 Å². The Balaban J connectivity index is 0. The molecular weight excluding hydrogens is 394 g/mol. The maximum atomic E-state index is 9.31. The fourth-order valence-electron chi connectivity index (χ4n) is 1.09. The van der Waals surface area contributed by atoms with Crippen molar-refractivity contribution in [3.8, 4) is 5.75 Å². The van der Waals surface area contributed by atoms with Crippen molar-refractivity contribution in [1.82, 2.24) is 4.98 Å². The molecule has 0 saturated heterocycles. The molecule has 0 aliphatic heterocycles. The number of phenolic OH excluding ortho intramolecular Hbond substituents is 1. The molecule has 0 bridgehead atoms. The van der Waals surface area contributed by atoms with Crippen LogP contribution in [0.4, 0.5) is 0 Å². The molecule has 5 N–H and O–H groups in total. The topological polar surface area (TPSA) is 182 Å². The van der Waals surface area contributed by atoms with Crippen molar-refractivity contribution in [2.24, 2.45) is 0 Å². The molecule has 2 aromatic rings. The second-order valence-corrected chi connectivity index (χ2v) is 5.04. The molecule has 0 amide bonds. The van der Waals surface area contributed by atoms with Crippen molar-refractivity contribution in [1.29, 1.82) is 0 Å². The molecule has 13 heteroatoms. The van der Waals surface area contributed by atoms with E-state index in [9.17, 15) is 5.11 Å². The summed E-state index contributed by atoms with van der Waals surface area (Å²) in [5.74, 6) is 0.239. The molecular formula is C9H11CuNO9S2. The van der Waals surface area contributed by atoms with Crippen LogP contribution < -0.4 is 0 Å². The molecule has 0 spiro atoms. The molecule has 0 atom stereocenters. The number of rotatable bonds is 0. The summed E-state index contributed by atoms with van der Waals surface area (Å²) in [6.45, 7) is 0. The summed E-state index contributed by atoms with van der Waals surface area (Å²) in [6.07, 6.45) is 1.67. The Morgan fingerprint density at radius 1 is 0.818 bits per heavy atom. The number of benzene rings is 1. The van der Waals surface area contributed by atoms with Gasteiger partial charge in [0.05, 0.1) is 0 Å². The second kappa shape index (κ2) is 9.65. The first-order chi connectivity index (χ1) is 9.38. The molecule has 1 heterocycles. The van der Waals surface area contributed by atoms with Gasteiger partial charge in [-0.2, -0.15) is 16.8 Å². The van der Waals surface area contributed by atoms with Gasteiger partial charge in [-0.25, -0.2) is 0 Å². The first-order valence-electron chi connectivity index (χ1n) is 4.80. The third-order valence-corrected chi connectivity index (χ3v) is 1.61. The number of nitrogens with zero attached hydrogens (tertiary/aromatic N) is 1. The first kappa shape index (κ1) is 23.0. The number of hydrogen-bond donors (Lipinski definition) is 5. The maximum Gasteiger partial charge on any atom is 0.394 e. The zero-order valence-electron chi connectivity index (χ0n) is 10.4. The number of fused-ring (bicyclic) bond motifs is 1. The van der Waals surface area contributed by atoms with E-state index < -0.39 is 20.8 Å². The van der Waals surface area contributed by atoms with Crippen molar-refractivity contribution < 1.29 is 57.2 Å². The van der Waals surface area contributed by atoms with Crippen LogP contribution in [0.3, 0.4) is 0 Å².